The van der Waals surface area contributed by atoms with Crippen molar-refractivity contribution >= 4 is 65.3 Å². The summed E-state index contributed by atoms with van der Waals surface area (Å²) in [5, 5.41) is 12.7. The Labute approximate surface area is 342 Å². The number of hydrogen-bond donors (Lipinski definition) is 0. The fourth-order valence-corrected chi connectivity index (χ4v) is 10.0. The summed E-state index contributed by atoms with van der Waals surface area (Å²) in [5.74, 6) is 0. The first-order valence-corrected chi connectivity index (χ1v) is 20.6. The molecule has 59 heavy (non-hydrogen) atoms. The van der Waals surface area contributed by atoms with Crippen molar-refractivity contribution in [3.63, 3.8) is 0 Å². The van der Waals surface area contributed by atoms with E-state index in [0.29, 0.717) is 0 Å². The minimum absolute atomic E-state index is 0.972. The Balaban J connectivity index is 1.00. The Morgan fingerprint density at radius 3 is 1.63 bits per heavy atom. The van der Waals surface area contributed by atoms with E-state index in [1.807, 2.05) is 12.4 Å². The van der Waals surface area contributed by atoms with E-state index in [-0.39, 0.29) is 0 Å². The van der Waals surface area contributed by atoms with E-state index in [2.05, 4.69) is 204 Å². The number of rotatable bonds is 5. The predicted octanol–water partition coefficient (Wildman–Crippen LogP) is 13.2. The molecule has 0 amide bonds. The Morgan fingerprint density at radius 2 is 0.915 bits per heavy atom. The average Bonchev–Trinajstić information content (AvgIpc) is 3.64. The first kappa shape index (κ1) is 33.6. The molecule has 0 aliphatic heterocycles. The van der Waals surface area contributed by atoms with E-state index in [0.717, 1.165) is 18.5 Å². The van der Waals surface area contributed by atoms with Crippen LogP contribution in [0.15, 0.2) is 207 Å². The molecule has 0 radical (unpaired) electrons. The Morgan fingerprint density at radius 1 is 0.373 bits per heavy atom. The number of hydrogen-bond acceptors (Lipinski definition) is 1. The van der Waals surface area contributed by atoms with Gasteiger partial charge in [0.2, 0.25) is 0 Å². The van der Waals surface area contributed by atoms with Crippen LogP contribution in [0.2, 0.25) is 0 Å². The summed E-state index contributed by atoms with van der Waals surface area (Å²) in [7, 11) is 0. The number of fused-ring (bicyclic) bond motifs is 7. The van der Waals surface area contributed by atoms with Crippen LogP contribution in [-0.2, 0) is 0 Å². The highest BCUT2D eigenvalue weighted by atomic mass is 15.0. The maximum absolute atomic E-state index is 4.55. The number of nitrogens with zero attached hydrogens (tertiary/aromatic N) is 2. The Hall–Kier alpha value is -7.55. The second kappa shape index (κ2) is 13.5. The van der Waals surface area contributed by atoms with E-state index in [1.165, 1.54) is 109 Å². The van der Waals surface area contributed by atoms with Gasteiger partial charge in [0.25, 0.3) is 0 Å². The van der Waals surface area contributed by atoms with Crippen molar-refractivity contribution in [2.45, 2.75) is 12.8 Å². The largest absolute Gasteiger partial charge is 0.309 e. The van der Waals surface area contributed by atoms with Crippen molar-refractivity contribution in [1.29, 1.82) is 0 Å². The highest BCUT2D eigenvalue weighted by molar-refractivity contribution is 6.23. The van der Waals surface area contributed by atoms with Crippen molar-refractivity contribution in [2.24, 2.45) is 0 Å². The van der Waals surface area contributed by atoms with E-state index in [9.17, 15) is 0 Å². The third-order valence-corrected chi connectivity index (χ3v) is 12.6. The van der Waals surface area contributed by atoms with Crippen LogP contribution in [0, 0.1) is 0 Å². The predicted molar refractivity (Wildman–Crippen MR) is 248 cm³/mol. The quantitative estimate of drug-likeness (QED) is 0.160. The Bertz CT molecular complexity index is 3530. The summed E-state index contributed by atoms with van der Waals surface area (Å²) < 4.78 is 2.36. The lowest BCUT2D eigenvalue weighted by atomic mass is 9.83. The van der Waals surface area contributed by atoms with Gasteiger partial charge in [0.15, 0.2) is 0 Å². The lowest BCUT2D eigenvalue weighted by Gasteiger charge is -2.20. The molecule has 0 unspecified atom stereocenters. The van der Waals surface area contributed by atoms with Crippen LogP contribution >= 0.6 is 0 Å². The van der Waals surface area contributed by atoms with Gasteiger partial charge >= 0.3 is 0 Å². The molecule has 0 N–H and O–H groups in total. The van der Waals surface area contributed by atoms with Gasteiger partial charge in [-0.3, -0.25) is 4.98 Å². The number of para-hydroxylation sites is 1. The van der Waals surface area contributed by atoms with Gasteiger partial charge < -0.3 is 4.57 Å². The highest BCUT2D eigenvalue weighted by Crippen LogP contribution is 2.45. The van der Waals surface area contributed by atoms with Crippen molar-refractivity contribution in [2.75, 3.05) is 0 Å². The van der Waals surface area contributed by atoms with Gasteiger partial charge in [0, 0.05) is 28.9 Å². The van der Waals surface area contributed by atoms with E-state index in [4.69, 9.17) is 0 Å². The summed E-state index contributed by atoms with van der Waals surface area (Å²) in [5.41, 5.74) is 14.0. The van der Waals surface area contributed by atoms with Gasteiger partial charge in [0.1, 0.15) is 0 Å². The minimum atomic E-state index is 0.972. The van der Waals surface area contributed by atoms with Crippen molar-refractivity contribution in [3.05, 3.63) is 228 Å². The van der Waals surface area contributed by atoms with E-state index in [1.54, 1.807) is 0 Å². The second-order valence-corrected chi connectivity index (χ2v) is 15.7. The molecular formula is C57H38N2. The summed E-state index contributed by atoms with van der Waals surface area (Å²) in [4.78, 5) is 4.55. The molecule has 276 valence electrons. The summed E-state index contributed by atoms with van der Waals surface area (Å²) >= 11 is 0. The van der Waals surface area contributed by atoms with Crippen LogP contribution in [0.1, 0.15) is 24.0 Å². The molecule has 0 saturated heterocycles. The molecule has 2 aromatic heterocycles. The van der Waals surface area contributed by atoms with Gasteiger partial charge in [-0.1, -0.05) is 164 Å². The molecule has 0 spiro atoms. The molecule has 1 aliphatic rings. The van der Waals surface area contributed by atoms with Crippen LogP contribution in [0.4, 0.5) is 0 Å². The highest BCUT2D eigenvalue weighted by Gasteiger charge is 2.20. The van der Waals surface area contributed by atoms with Gasteiger partial charge in [0.05, 0.1) is 11.0 Å². The monoisotopic (exact) mass is 750 g/mol. The molecule has 0 atom stereocenters. The molecule has 2 heterocycles. The molecule has 2 heteroatoms. The van der Waals surface area contributed by atoms with Gasteiger partial charge in [-0.25, -0.2) is 0 Å². The zero-order chi connectivity index (χ0) is 38.9. The number of benzene rings is 9. The molecular weight excluding hydrogens is 713 g/mol. The molecule has 11 aromatic rings. The van der Waals surface area contributed by atoms with Crippen molar-refractivity contribution in [3.8, 4) is 27.9 Å². The zero-order valence-electron chi connectivity index (χ0n) is 32.4. The fourth-order valence-electron chi connectivity index (χ4n) is 10.0. The van der Waals surface area contributed by atoms with Crippen LogP contribution in [0.3, 0.4) is 0 Å². The van der Waals surface area contributed by atoms with E-state index < -0.39 is 0 Å². The van der Waals surface area contributed by atoms with Crippen LogP contribution in [-0.4, -0.2) is 9.55 Å². The van der Waals surface area contributed by atoms with Gasteiger partial charge in [-0.2, -0.15) is 0 Å². The number of pyridine rings is 1. The van der Waals surface area contributed by atoms with Gasteiger partial charge in [-0.05, 0) is 130 Å². The smallest absolute Gasteiger partial charge is 0.0571 e. The van der Waals surface area contributed by atoms with Gasteiger partial charge in [-0.15, -0.1) is 0 Å². The summed E-state index contributed by atoms with van der Waals surface area (Å²) in [6, 6.07) is 71.5. The fraction of sp³-hybridized carbons (Fsp3) is 0.0351. The molecule has 9 aromatic carbocycles. The first-order valence-electron chi connectivity index (χ1n) is 20.6. The van der Waals surface area contributed by atoms with E-state index >= 15 is 0 Å². The molecule has 1 aliphatic carbocycles. The minimum Gasteiger partial charge on any atom is -0.309 e. The van der Waals surface area contributed by atoms with Crippen LogP contribution in [0.25, 0.3) is 93.2 Å². The third kappa shape index (κ3) is 5.30. The average molecular weight is 751 g/mol. The molecule has 0 saturated carbocycles. The van der Waals surface area contributed by atoms with Crippen molar-refractivity contribution < 1.29 is 0 Å². The van der Waals surface area contributed by atoms with Crippen LogP contribution < -0.4 is 10.4 Å². The molecule has 0 fully saturated rings. The lowest BCUT2D eigenvalue weighted by molar-refractivity contribution is 1.04. The molecule has 2 nitrogen and oxygen atoms in total. The maximum atomic E-state index is 4.55. The Kier molecular flexibility index (Phi) is 7.71. The maximum Gasteiger partial charge on any atom is 0.0571 e. The topological polar surface area (TPSA) is 17.8 Å². The second-order valence-electron chi connectivity index (χ2n) is 15.7. The lowest BCUT2D eigenvalue weighted by Crippen LogP contribution is -2.32. The summed E-state index contributed by atoms with van der Waals surface area (Å²) in [6.07, 6.45) is 5.86. The first-order chi connectivity index (χ1) is 29.3. The zero-order valence-corrected chi connectivity index (χ0v) is 32.4. The third-order valence-electron chi connectivity index (χ3n) is 12.6. The summed E-state index contributed by atoms with van der Waals surface area (Å²) in [6.45, 7) is 0. The molecule has 0 bridgehead atoms. The standard InChI is InChI=1S/C57H38N2/c1-2-15-41(16-3-1)59-54-32-29-40(35-52(54)53-36-58-34-33-55(53)59)44-31-30-43(45-18-6-7-19-46(44)45)38-25-27-39(28-26-38)56-48-20-8-10-22-50(48)57(51-23-11-9-21-49(51)56)47-24-12-14-37-13-4-5-17-42(37)47/h1-29,32-36H,30-31H2. The molecule has 12 rings (SSSR count). The van der Waals surface area contributed by atoms with Crippen molar-refractivity contribution in [1.82, 2.24) is 9.55 Å². The normalized spacial score (nSPS) is 12.9. The SMILES string of the molecule is c1ccc(-n2c3ccncc3c3cc(C4=c5ccccc5=C(c5ccc(-c6c7ccccc7c(-c7cccc8ccccc78)c7ccccc67)cc5)CC4)ccc32)cc1. The van der Waals surface area contributed by atoms with Crippen LogP contribution in [0.5, 0.6) is 0 Å². The number of aromatic nitrogens is 2.